The first-order chi connectivity index (χ1) is 16.8. The van der Waals surface area contributed by atoms with E-state index in [0.717, 1.165) is 23.3 Å². The van der Waals surface area contributed by atoms with Crippen molar-refractivity contribution in [1.82, 2.24) is 10.1 Å². The lowest BCUT2D eigenvalue weighted by molar-refractivity contribution is -0.137. The summed E-state index contributed by atoms with van der Waals surface area (Å²) in [6.45, 7) is 1.87. The molecule has 0 spiro atoms. The van der Waals surface area contributed by atoms with Gasteiger partial charge in [0, 0.05) is 23.3 Å². The third-order valence-electron chi connectivity index (χ3n) is 5.31. The van der Waals surface area contributed by atoms with Crippen LogP contribution < -0.4 is 10.2 Å². The Morgan fingerprint density at radius 1 is 0.943 bits per heavy atom. The van der Waals surface area contributed by atoms with Crippen LogP contribution in [0.4, 0.5) is 13.2 Å². The summed E-state index contributed by atoms with van der Waals surface area (Å²) in [5.41, 5.74) is 1.36. The molecule has 0 unspecified atom stereocenters. The Morgan fingerprint density at radius 3 is 2.51 bits per heavy atom. The lowest BCUT2D eigenvalue weighted by Gasteiger charge is -2.07. The second kappa shape index (κ2) is 8.75. The summed E-state index contributed by atoms with van der Waals surface area (Å²) in [7, 11) is 0. The number of aryl methyl sites for hydroxylation is 1. The maximum absolute atomic E-state index is 13.0. The van der Waals surface area contributed by atoms with Crippen LogP contribution in [0, 0.1) is 6.92 Å². The van der Waals surface area contributed by atoms with Crippen LogP contribution in [0.5, 0.6) is 5.75 Å². The van der Waals surface area contributed by atoms with Gasteiger partial charge in [-0.15, -0.1) is 0 Å². The van der Waals surface area contributed by atoms with Crippen LogP contribution in [0.2, 0.25) is 0 Å². The molecule has 0 N–H and O–H groups in total. The van der Waals surface area contributed by atoms with E-state index in [1.807, 2.05) is 31.2 Å². The second-order valence-corrected chi connectivity index (χ2v) is 7.88. The molecule has 2 aromatic heterocycles. The molecule has 0 saturated carbocycles. The van der Waals surface area contributed by atoms with Crippen LogP contribution >= 0.6 is 0 Å². The van der Waals surface area contributed by atoms with Gasteiger partial charge in [0.25, 0.3) is 5.89 Å². The zero-order valence-electron chi connectivity index (χ0n) is 18.3. The van der Waals surface area contributed by atoms with Crippen LogP contribution in [0.15, 0.2) is 86.5 Å². The van der Waals surface area contributed by atoms with Gasteiger partial charge in [0.15, 0.2) is 12.0 Å². The summed E-state index contributed by atoms with van der Waals surface area (Å²) < 4.78 is 55.6. The molecular weight excluding hydrogens is 461 g/mol. The largest absolute Gasteiger partial charge is 0.485 e. The third-order valence-corrected chi connectivity index (χ3v) is 5.31. The Balaban J connectivity index is 1.36. The van der Waals surface area contributed by atoms with Gasteiger partial charge in [-0.05, 0) is 37.3 Å². The molecular formula is C26H17F3N2O4. The van der Waals surface area contributed by atoms with Crippen LogP contribution in [0.25, 0.3) is 33.7 Å². The molecule has 0 amide bonds. The average Bonchev–Trinajstić information content (AvgIpc) is 3.32. The van der Waals surface area contributed by atoms with Gasteiger partial charge in [0.2, 0.25) is 5.82 Å². The molecule has 5 rings (SSSR count). The molecule has 176 valence electrons. The molecule has 0 aliphatic rings. The highest BCUT2D eigenvalue weighted by Crippen LogP contribution is 2.32. The fourth-order valence-electron chi connectivity index (χ4n) is 3.49. The number of benzene rings is 3. The summed E-state index contributed by atoms with van der Waals surface area (Å²) >= 11 is 0. The number of aromatic nitrogens is 2. The number of nitrogens with zero attached hydrogens (tertiary/aromatic N) is 2. The van der Waals surface area contributed by atoms with Crippen molar-refractivity contribution in [2.45, 2.75) is 19.7 Å². The molecule has 2 heterocycles. The van der Waals surface area contributed by atoms with E-state index in [0.29, 0.717) is 22.5 Å². The Hall–Kier alpha value is -4.40. The molecule has 3 aromatic carbocycles. The minimum Gasteiger partial charge on any atom is -0.485 e. The molecule has 0 atom stereocenters. The first kappa shape index (κ1) is 22.4. The van der Waals surface area contributed by atoms with Crippen molar-refractivity contribution in [3.63, 3.8) is 0 Å². The number of fused-ring (bicyclic) bond motifs is 1. The average molecular weight is 478 g/mol. The summed E-state index contributed by atoms with van der Waals surface area (Å²) in [5, 5.41) is 4.17. The zero-order chi connectivity index (χ0) is 24.6. The SMILES string of the molecule is Cc1ccc(-c2cc(=O)c3ccc(OCc4noc(-c5cccc(C(F)(F)F)c5)n4)cc3o2)cc1. The van der Waals surface area contributed by atoms with Crippen molar-refractivity contribution < 1.29 is 26.8 Å². The molecule has 5 aromatic rings. The topological polar surface area (TPSA) is 78.4 Å². The van der Waals surface area contributed by atoms with Gasteiger partial charge in [0.1, 0.15) is 17.1 Å². The summed E-state index contributed by atoms with van der Waals surface area (Å²) in [6, 6.07) is 18.5. The quantitative estimate of drug-likeness (QED) is 0.290. The fraction of sp³-hybridized carbons (Fsp3) is 0.115. The van der Waals surface area contributed by atoms with Crippen molar-refractivity contribution in [3.8, 4) is 28.5 Å². The van der Waals surface area contributed by atoms with Crippen molar-refractivity contribution in [2.24, 2.45) is 0 Å². The molecule has 0 aliphatic heterocycles. The molecule has 0 saturated heterocycles. The van der Waals surface area contributed by atoms with E-state index >= 15 is 0 Å². The normalized spacial score (nSPS) is 11.7. The highest BCUT2D eigenvalue weighted by molar-refractivity contribution is 5.80. The maximum atomic E-state index is 13.0. The Bertz CT molecular complexity index is 1570. The van der Waals surface area contributed by atoms with Crippen LogP contribution in [-0.2, 0) is 12.8 Å². The predicted octanol–water partition coefficient (Wildman–Crippen LogP) is 6.42. The smallest absolute Gasteiger partial charge is 0.416 e. The van der Waals surface area contributed by atoms with E-state index in [4.69, 9.17) is 13.7 Å². The molecule has 0 bridgehead atoms. The van der Waals surface area contributed by atoms with E-state index in [1.54, 1.807) is 18.2 Å². The van der Waals surface area contributed by atoms with Gasteiger partial charge in [0.05, 0.1) is 10.9 Å². The fourth-order valence-corrected chi connectivity index (χ4v) is 3.49. The standard InChI is InChI=1S/C26H17F3N2O4/c1-15-5-7-16(8-6-15)22-13-21(32)20-10-9-19(12-23(20)34-22)33-14-24-30-25(35-31-24)17-3-2-4-18(11-17)26(27,28)29/h2-13H,14H2,1H3. The number of hydrogen-bond acceptors (Lipinski definition) is 6. The number of alkyl halides is 3. The highest BCUT2D eigenvalue weighted by Gasteiger charge is 2.30. The maximum Gasteiger partial charge on any atom is 0.416 e. The van der Waals surface area contributed by atoms with Gasteiger partial charge < -0.3 is 13.7 Å². The van der Waals surface area contributed by atoms with Crippen LogP contribution in [0.1, 0.15) is 17.0 Å². The second-order valence-electron chi connectivity index (χ2n) is 7.88. The molecule has 0 aliphatic carbocycles. The monoisotopic (exact) mass is 478 g/mol. The van der Waals surface area contributed by atoms with Crippen LogP contribution in [-0.4, -0.2) is 10.1 Å². The van der Waals surface area contributed by atoms with E-state index in [1.165, 1.54) is 18.2 Å². The Morgan fingerprint density at radius 2 is 1.74 bits per heavy atom. The highest BCUT2D eigenvalue weighted by atomic mass is 19.4. The minimum atomic E-state index is -4.48. The minimum absolute atomic E-state index is 0.0538. The number of hydrogen-bond donors (Lipinski definition) is 0. The van der Waals surface area contributed by atoms with Gasteiger partial charge >= 0.3 is 6.18 Å². The Kier molecular flexibility index (Phi) is 5.60. The van der Waals surface area contributed by atoms with Crippen molar-refractivity contribution >= 4 is 11.0 Å². The summed E-state index contributed by atoms with van der Waals surface area (Å²) in [5.74, 6) is 0.921. The zero-order valence-corrected chi connectivity index (χ0v) is 18.3. The number of ether oxygens (including phenoxy) is 1. The summed E-state index contributed by atoms with van der Waals surface area (Å²) in [6.07, 6.45) is -4.48. The summed E-state index contributed by atoms with van der Waals surface area (Å²) in [4.78, 5) is 16.7. The van der Waals surface area contributed by atoms with E-state index in [2.05, 4.69) is 10.1 Å². The van der Waals surface area contributed by atoms with Crippen molar-refractivity contribution in [1.29, 1.82) is 0 Å². The van der Waals surface area contributed by atoms with Crippen LogP contribution in [0.3, 0.4) is 0 Å². The van der Waals surface area contributed by atoms with Gasteiger partial charge in [-0.25, -0.2) is 0 Å². The van der Waals surface area contributed by atoms with Gasteiger partial charge in [-0.2, -0.15) is 18.2 Å². The number of halogens is 3. The first-order valence-electron chi connectivity index (χ1n) is 10.5. The van der Waals surface area contributed by atoms with E-state index in [-0.39, 0.29) is 29.3 Å². The molecule has 9 heteroatoms. The Labute approximate surface area is 196 Å². The van der Waals surface area contributed by atoms with Crippen molar-refractivity contribution in [2.75, 3.05) is 0 Å². The van der Waals surface area contributed by atoms with E-state index in [9.17, 15) is 18.0 Å². The molecule has 0 fully saturated rings. The van der Waals surface area contributed by atoms with Crippen molar-refractivity contribution in [3.05, 3.63) is 100.0 Å². The van der Waals surface area contributed by atoms with Gasteiger partial charge in [-0.3, -0.25) is 4.79 Å². The lowest BCUT2D eigenvalue weighted by Crippen LogP contribution is -2.04. The van der Waals surface area contributed by atoms with Gasteiger partial charge in [-0.1, -0.05) is 41.1 Å². The third kappa shape index (κ3) is 4.79. The molecule has 0 radical (unpaired) electrons. The predicted molar refractivity (Wildman–Crippen MR) is 122 cm³/mol. The number of rotatable bonds is 5. The molecule has 6 nitrogen and oxygen atoms in total. The van der Waals surface area contributed by atoms with E-state index < -0.39 is 11.7 Å². The lowest BCUT2D eigenvalue weighted by atomic mass is 10.1. The first-order valence-corrected chi connectivity index (χ1v) is 10.5. The molecule has 35 heavy (non-hydrogen) atoms.